The Balaban J connectivity index is 2.09. The van der Waals surface area contributed by atoms with Crippen LogP contribution in [-0.2, 0) is 6.42 Å². The van der Waals surface area contributed by atoms with Gasteiger partial charge in [0.25, 0.3) is 0 Å². The van der Waals surface area contributed by atoms with Crippen LogP contribution in [0.15, 0.2) is 6.20 Å². The van der Waals surface area contributed by atoms with Crippen LogP contribution in [-0.4, -0.2) is 29.5 Å². The van der Waals surface area contributed by atoms with Gasteiger partial charge >= 0.3 is 0 Å². The van der Waals surface area contributed by atoms with Crippen LogP contribution in [0.4, 0.5) is 0 Å². The molecule has 0 radical (unpaired) electrons. The Morgan fingerprint density at radius 3 is 2.83 bits per heavy atom. The summed E-state index contributed by atoms with van der Waals surface area (Å²) in [5.41, 5.74) is 1.24. The molecule has 1 aromatic rings. The van der Waals surface area contributed by atoms with E-state index in [0.717, 1.165) is 18.7 Å². The van der Waals surface area contributed by atoms with Crippen LogP contribution in [0.1, 0.15) is 45.3 Å². The molecule has 2 unspecified atom stereocenters. The molecule has 0 bridgehead atoms. The van der Waals surface area contributed by atoms with Gasteiger partial charge in [-0.3, -0.25) is 4.68 Å². The smallest absolute Gasteiger partial charge is 0.159 e. The first-order valence-electron chi connectivity index (χ1n) is 6.95. The van der Waals surface area contributed by atoms with Crippen molar-refractivity contribution in [1.29, 1.82) is 0 Å². The molecule has 1 aromatic heterocycles. The lowest BCUT2D eigenvalue weighted by Gasteiger charge is -2.28. The van der Waals surface area contributed by atoms with Gasteiger partial charge in [0.05, 0.1) is 19.0 Å². The summed E-state index contributed by atoms with van der Waals surface area (Å²) in [5, 5.41) is 8.00. The van der Waals surface area contributed by atoms with E-state index in [1.165, 1.54) is 18.5 Å². The van der Waals surface area contributed by atoms with Gasteiger partial charge in [0, 0.05) is 12.1 Å². The molecule has 4 nitrogen and oxygen atoms in total. The third-order valence-corrected chi connectivity index (χ3v) is 3.81. The van der Waals surface area contributed by atoms with Crippen LogP contribution in [0.3, 0.4) is 0 Å². The zero-order valence-electron chi connectivity index (χ0n) is 11.9. The third-order valence-electron chi connectivity index (χ3n) is 3.81. The van der Waals surface area contributed by atoms with Crippen LogP contribution < -0.4 is 10.1 Å². The number of piperidine rings is 1. The zero-order valence-corrected chi connectivity index (χ0v) is 11.9. The summed E-state index contributed by atoms with van der Waals surface area (Å²) in [7, 11) is 1.73. The molecule has 1 N–H and O–H groups in total. The fourth-order valence-corrected chi connectivity index (χ4v) is 2.69. The summed E-state index contributed by atoms with van der Waals surface area (Å²) >= 11 is 0. The highest BCUT2D eigenvalue weighted by Gasteiger charge is 2.22. The van der Waals surface area contributed by atoms with Crippen molar-refractivity contribution in [2.45, 2.75) is 52.1 Å². The molecule has 2 atom stereocenters. The van der Waals surface area contributed by atoms with Gasteiger partial charge < -0.3 is 10.1 Å². The highest BCUT2D eigenvalue weighted by Crippen LogP contribution is 2.26. The molecule has 1 fully saturated rings. The lowest BCUT2D eigenvalue weighted by molar-refractivity contribution is 0.310. The molecular formula is C14H25N3O. The maximum atomic E-state index is 5.44. The minimum Gasteiger partial charge on any atom is -0.493 e. The van der Waals surface area contributed by atoms with Crippen LogP contribution in [0.25, 0.3) is 0 Å². The van der Waals surface area contributed by atoms with E-state index in [0.29, 0.717) is 18.0 Å². The van der Waals surface area contributed by atoms with Gasteiger partial charge in [-0.2, -0.15) is 5.10 Å². The molecule has 0 spiro atoms. The third kappa shape index (κ3) is 2.86. The van der Waals surface area contributed by atoms with Crippen molar-refractivity contribution in [3.05, 3.63) is 11.9 Å². The molecule has 2 heterocycles. The second-order valence-corrected chi connectivity index (χ2v) is 5.65. The Bertz CT molecular complexity index is 378. The highest BCUT2D eigenvalue weighted by atomic mass is 16.5. The number of ether oxygens (including phenoxy) is 1. The summed E-state index contributed by atoms with van der Waals surface area (Å²) in [6.07, 6.45) is 5.46. The van der Waals surface area contributed by atoms with Gasteiger partial charge in [0.1, 0.15) is 0 Å². The first kappa shape index (κ1) is 13.4. The van der Waals surface area contributed by atoms with Crippen LogP contribution >= 0.6 is 0 Å². The summed E-state index contributed by atoms with van der Waals surface area (Å²) in [6.45, 7) is 7.69. The predicted molar refractivity (Wildman–Crippen MR) is 73.1 cm³/mol. The van der Waals surface area contributed by atoms with E-state index in [-0.39, 0.29) is 0 Å². The number of rotatable bonds is 4. The number of aromatic nitrogens is 2. The van der Waals surface area contributed by atoms with E-state index in [1.54, 1.807) is 7.11 Å². The topological polar surface area (TPSA) is 39.1 Å². The fourth-order valence-electron chi connectivity index (χ4n) is 2.69. The normalized spacial score (nSPS) is 24.5. The Hall–Kier alpha value is -1.03. The Morgan fingerprint density at radius 1 is 1.50 bits per heavy atom. The van der Waals surface area contributed by atoms with Gasteiger partial charge in [0.15, 0.2) is 5.75 Å². The van der Waals surface area contributed by atoms with Gasteiger partial charge in [-0.15, -0.1) is 0 Å². The van der Waals surface area contributed by atoms with Crippen LogP contribution in [0, 0.1) is 5.92 Å². The second kappa shape index (κ2) is 5.74. The van der Waals surface area contributed by atoms with Gasteiger partial charge in [-0.05, 0) is 52.5 Å². The summed E-state index contributed by atoms with van der Waals surface area (Å²) in [6, 6.07) is 1.05. The highest BCUT2D eigenvalue weighted by molar-refractivity contribution is 5.26. The predicted octanol–water partition coefficient (Wildman–Crippen LogP) is 2.40. The molecule has 1 aliphatic rings. The fraction of sp³-hybridized carbons (Fsp3) is 0.786. The molecule has 0 aliphatic carbocycles. The van der Waals surface area contributed by atoms with Crippen molar-refractivity contribution in [1.82, 2.24) is 15.1 Å². The molecule has 102 valence electrons. The number of hydrogen-bond acceptors (Lipinski definition) is 3. The molecular weight excluding hydrogens is 226 g/mol. The van der Waals surface area contributed by atoms with Crippen molar-refractivity contribution < 1.29 is 4.74 Å². The standard InChI is InChI=1S/C14H25N3O/c1-10(2)17-13(14(18-4)9-16-17)7-12-6-5-11(3)15-8-12/h9-12,15H,5-8H2,1-4H3. The molecule has 1 saturated heterocycles. The first-order valence-corrected chi connectivity index (χ1v) is 6.95. The van der Waals surface area contributed by atoms with E-state index in [1.807, 2.05) is 6.20 Å². The van der Waals surface area contributed by atoms with Crippen LogP contribution in [0.2, 0.25) is 0 Å². The van der Waals surface area contributed by atoms with E-state index < -0.39 is 0 Å². The first-order chi connectivity index (χ1) is 8.61. The molecule has 4 heteroatoms. The molecule has 18 heavy (non-hydrogen) atoms. The van der Waals surface area contributed by atoms with Crippen molar-refractivity contribution in [3.8, 4) is 5.75 Å². The van der Waals surface area contributed by atoms with E-state index in [4.69, 9.17) is 4.74 Å². The van der Waals surface area contributed by atoms with Crippen LogP contribution in [0.5, 0.6) is 5.75 Å². The lowest BCUT2D eigenvalue weighted by atomic mass is 9.91. The maximum Gasteiger partial charge on any atom is 0.159 e. The SMILES string of the molecule is COc1cnn(C(C)C)c1CC1CCC(C)NC1. The average Bonchev–Trinajstić information content (AvgIpc) is 2.75. The van der Waals surface area contributed by atoms with Gasteiger partial charge in [0.2, 0.25) is 0 Å². The van der Waals surface area contributed by atoms with Crippen molar-refractivity contribution in [3.63, 3.8) is 0 Å². The largest absolute Gasteiger partial charge is 0.493 e. The Morgan fingerprint density at radius 2 is 2.28 bits per heavy atom. The van der Waals surface area contributed by atoms with Crippen molar-refractivity contribution >= 4 is 0 Å². The summed E-state index contributed by atoms with van der Waals surface area (Å²) in [4.78, 5) is 0. The monoisotopic (exact) mass is 251 g/mol. The minimum atomic E-state index is 0.388. The van der Waals surface area contributed by atoms with Crippen molar-refractivity contribution in [2.75, 3.05) is 13.7 Å². The number of nitrogens with one attached hydrogen (secondary N) is 1. The lowest BCUT2D eigenvalue weighted by Crippen LogP contribution is -2.37. The second-order valence-electron chi connectivity index (χ2n) is 5.65. The number of nitrogens with zero attached hydrogens (tertiary/aromatic N) is 2. The average molecular weight is 251 g/mol. The summed E-state index contributed by atoms with van der Waals surface area (Å²) < 4.78 is 7.53. The summed E-state index contributed by atoms with van der Waals surface area (Å²) in [5.74, 6) is 1.63. The molecule has 2 rings (SSSR count). The van der Waals surface area contributed by atoms with Gasteiger partial charge in [-0.25, -0.2) is 0 Å². The van der Waals surface area contributed by atoms with E-state index in [9.17, 15) is 0 Å². The maximum absolute atomic E-state index is 5.44. The Kier molecular flexibility index (Phi) is 4.27. The van der Waals surface area contributed by atoms with E-state index in [2.05, 4.69) is 35.9 Å². The quantitative estimate of drug-likeness (QED) is 0.893. The molecule has 1 aliphatic heterocycles. The zero-order chi connectivity index (χ0) is 13.1. The van der Waals surface area contributed by atoms with E-state index >= 15 is 0 Å². The number of hydrogen-bond donors (Lipinski definition) is 1. The van der Waals surface area contributed by atoms with Crippen molar-refractivity contribution in [2.24, 2.45) is 5.92 Å². The molecule has 0 aromatic carbocycles. The molecule has 0 amide bonds. The number of methoxy groups -OCH3 is 1. The molecule has 0 saturated carbocycles. The minimum absolute atomic E-state index is 0.388. The van der Waals surface area contributed by atoms with Gasteiger partial charge in [-0.1, -0.05) is 0 Å². The Labute approximate surface area is 110 Å².